The zero-order chi connectivity index (χ0) is 19.9. The van der Waals surface area contributed by atoms with E-state index in [0.717, 1.165) is 31.2 Å². The highest BCUT2D eigenvalue weighted by Crippen LogP contribution is 2.39. The van der Waals surface area contributed by atoms with E-state index >= 15 is 0 Å². The van der Waals surface area contributed by atoms with E-state index in [-0.39, 0.29) is 23.0 Å². The molecule has 27 heavy (non-hydrogen) atoms. The molecule has 1 aromatic carbocycles. The van der Waals surface area contributed by atoms with Gasteiger partial charge in [-0.15, -0.1) is 0 Å². The lowest BCUT2D eigenvalue weighted by molar-refractivity contribution is 0.290. The smallest absolute Gasteiger partial charge is 0.191 e. The van der Waals surface area contributed by atoms with Crippen LogP contribution in [0.2, 0.25) is 0 Å². The van der Waals surface area contributed by atoms with Gasteiger partial charge >= 0.3 is 0 Å². The fourth-order valence-electron chi connectivity index (χ4n) is 3.76. The Morgan fingerprint density at radius 1 is 1.30 bits per heavy atom. The molecule has 1 fully saturated rings. The number of hydrogen-bond donors (Lipinski definition) is 2. The standard InChI is InChI=1S/C20H32FN3O2S/c1-16(10-13-27(3,25)26)24-19(22-2)23-15-20(11-5-4-6-12-20)17-8-7-9-18(21)14-17/h7-9,14,16H,4-6,10-13,15H2,1-3H3,(H2,22,23,24). The molecule has 1 aromatic rings. The number of halogens is 1. The lowest BCUT2D eigenvalue weighted by Crippen LogP contribution is -2.48. The van der Waals surface area contributed by atoms with Crippen molar-refractivity contribution in [2.75, 3.05) is 25.6 Å². The lowest BCUT2D eigenvalue weighted by atomic mass is 9.69. The maximum Gasteiger partial charge on any atom is 0.191 e. The van der Waals surface area contributed by atoms with Crippen molar-refractivity contribution in [3.63, 3.8) is 0 Å². The molecule has 0 aromatic heterocycles. The molecule has 0 heterocycles. The van der Waals surface area contributed by atoms with Crippen LogP contribution in [0.5, 0.6) is 0 Å². The number of rotatable bonds is 7. The maximum atomic E-state index is 13.8. The van der Waals surface area contributed by atoms with Gasteiger partial charge in [0.15, 0.2) is 5.96 Å². The van der Waals surface area contributed by atoms with Crippen LogP contribution in [0.25, 0.3) is 0 Å². The Balaban J connectivity index is 2.03. The summed E-state index contributed by atoms with van der Waals surface area (Å²) >= 11 is 0. The van der Waals surface area contributed by atoms with Crippen LogP contribution < -0.4 is 10.6 Å². The first-order chi connectivity index (χ1) is 12.7. The van der Waals surface area contributed by atoms with E-state index in [4.69, 9.17) is 0 Å². The van der Waals surface area contributed by atoms with Gasteiger partial charge in [-0.25, -0.2) is 12.8 Å². The summed E-state index contributed by atoms with van der Waals surface area (Å²) in [6.07, 6.45) is 7.29. The first-order valence-corrected chi connectivity index (χ1v) is 11.7. The molecule has 1 saturated carbocycles. The first-order valence-electron chi connectivity index (χ1n) is 9.65. The minimum Gasteiger partial charge on any atom is -0.356 e. The van der Waals surface area contributed by atoms with Crippen LogP contribution in [-0.2, 0) is 15.3 Å². The van der Waals surface area contributed by atoms with Crippen LogP contribution in [0.1, 0.15) is 51.0 Å². The van der Waals surface area contributed by atoms with Crippen LogP contribution in [0, 0.1) is 5.82 Å². The van der Waals surface area contributed by atoms with Crippen molar-refractivity contribution in [2.45, 2.75) is 56.9 Å². The Hall–Kier alpha value is -1.63. The Bertz CT molecular complexity index is 743. The molecule has 2 rings (SSSR count). The molecular formula is C20H32FN3O2S. The van der Waals surface area contributed by atoms with Crippen LogP contribution in [0.15, 0.2) is 29.3 Å². The second-order valence-electron chi connectivity index (χ2n) is 7.74. The largest absolute Gasteiger partial charge is 0.356 e. The van der Waals surface area contributed by atoms with Gasteiger partial charge in [0.25, 0.3) is 0 Å². The zero-order valence-electron chi connectivity index (χ0n) is 16.6. The summed E-state index contributed by atoms with van der Waals surface area (Å²) in [4.78, 5) is 4.27. The zero-order valence-corrected chi connectivity index (χ0v) is 17.4. The third-order valence-electron chi connectivity index (χ3n) is 5.37. The third kappa shape index (κ3) is 6.79. The Kier molecular flexibility index (Phi) is 7.65. The highest BCUT2D eigenvalue weighted by Gasteiger charge is 2.34. The van der Waals surface area contributed by atoms with E-state index in [9.17, 15) is 12.8 Å². The number of sulfone groups is 1. The lowest BCUT2D eigenvalue weighted by Gasteiger charge is -2.38. The van der Waals surface area contributed by atoms with Crippen LogP contribution >= 0.6 is 0 Å². The quantitative estimate of drug-likeness (QED) is 0.548. The summed E-state index contributed by atoms with van der Waals surface area (Å²) in [5, 5.41) is 6.65. The van der Waals surface area contributed by atoms with E-state index in [0.29, 0.717) is 18.9 Å². The molecule has 0 saturated heterocycles. The fraction of sp³-hybridized carbons (Fsp3) is 0.650. The van der Waals surface area contributed by atoms with Crippen molar-refractivity contribution < 1.29 is 12.8 Å². The van der Waals surface area contributed by atoms with Gasteiger partial charge < -0.3 is 10.6 Å². The van der Waals surface area contributed by atoms with E-state index in [1.165, 1.54) is 18.7 Å². The van der Waals surface area contributed by atoms with Crippen molar-refractivity contribution in [3.8, 4) is 0 Å². The van der Waals surface area contributed by atoms with Gasteiger partial charge in [0.2, 0.25) is 0 Å². The number of guanidine groups is 1. The van der Waals surface area contributed by atoms with E-state index in [2.05, 4.69) is 15.6 Å². The minimum atomic E-state index is -2.98. The number of nitrogens with one attached hydrogen (secondary N) is 2. The van der Waals surface area contributed by atoms with Crippen molar-refractivity contribution in [1.29, 1.82) is 0 Å². The molecular weight excluding hydrogens is 365 g/mol. The summed E-state index contributed by atoms with van der Waals surface area (Å²) in [6, 6.07) is 6.92. The molecule has 1 aliphatic carbocycles. The molecule has 0 spiro atoms. The second kappa shape index (κ2) is 9.53. The van der Waals surface area contributed by atoms with Crippen molar-refractivity contribution in [2.24, 2.45) is 4.99 Å². The highest BCUT2D eigenvalue weighted by molar-refractivity contribution is 7.90. The number of nitrogens with zero attached hydrogens (tertiary/aromatic N) is 1. The van der Waals surface area contributed by atoms with Crippen molar-refractivity contribution in [3.05, 3.63) is 35.6 Å². The van der Waals surface area contributed by atoms with Crippen LogP contribution in [-0.4, -0.2) is 46.0 Å². The average Bonchev–Trinajstić information content (AvgIpc) is 2.63. The van der Waals surface area contributed by atoms with Gasteiger partial charge in [-0.3, -0.25) is 4.99 Å². The molecule has 0 aliphatic heterocycles. The van der Waals surface area contributed by atoms with Crippen molar-refractivity contribution in [1.82, 2.24) is 10.6 Å². The Morgan fingerprint density at radius 2 is 2.00 bits per heavy atom. The molecule has 5 nitrogen and oxygen atoms in total. The molecule has 0 amide bonds. The summed E-state index contributed by atoms with van der Waals surface area (Å²) in [5.74, 6) is 0.595. The monoisotopic (exact) mass is 397 g/mol. The summed E-state index contributed by atoms with van der Waals surface area (Å²) < 4.78 is 36.5. The van der Waals surface area contributed by atoms with Gasteiger partial charge in [-0.2, -0.15) is 0 Å². The summed E-state index contributed by atoms with van der Waals surface area (Å²) in [7, 11) is -1.27. The van der Waals surface area contributed by atoms with Gasteiger partial charge in [-0.05, 0) is 43.9 Å². The number of benzene rings is 1. The van der Waals surface area contributed by atoms with Gasteiger partial charge in [0.05, 0.1) is 5.75 Å². The predicted octanol–water partition coefficient (Wildman–Crippen LogP) is 3.02. The maximum absolute atomic E-state index is 13.8. The Labute approximate surface area is 162 Å². The number of hydrogen-bond acceptors (Lipinski definition) is 3. The van der Waals surface area contributed by atoms with Crippen LogP contribution in [0.3, 0.4) is 0 Å². The molecule has 7 heteroatoms. The SMILES string of the molecule is CN=C(NCC1(c2cccc(F)c2)CCCCC1)NC(C)CCS(C)(=O)=O. The second-order valence-corrected chi connectivity index (χ2v) is 10.0. The fourth-order valence-corrected chi connectivity index (χ4v) is 4.54. The molecule has 1 aliphatic rings. The topological polar surface area (TPSA) is 70.6 Å². The van der Waals surface area contributed by atoms with E-state index in [1.807, 2.05) is 13.0 Å². The minimum absolute atomic E-state index is 0.0117. The highest BCUT2D eigenvalue weighted by atomic mass is 32.2. The van der Waals surface area contributed by atoms with Crippen LogP contribution in [0.4, 0.5) is 4.39 Å². The average molecular weight is 398 g/mol. The van der Waals surface area contributed by atoms with Gasteiger partial charge in [0, 0.05) is 31.3 Å². The molecule has 152 valence electrons. The van der Waals surface area contributed by atoms with Gasteiger partial charge in [0.1, 0.15) is 15.7 Å². The van der Waals surface area contributed by atoms with Crippen molar-refractivity contribution >= 4 is 15.8 Å². The van der Waals surface area contributed by atoms with E-state index in [1.54, 1.807) is 19.2 Å². The van der Waals surface area contributed by atoms with Gasteiger partial charge in [-0.1, -0.05) is 31.4 Å². The normalized spacial score (nSPS) is 18.7. The molecule has 0 radical (unpaired) electrons. The third-order valence-corrected chi connectivity index (χ3v) is 6.35. The summed E-state index contributed by atoms with van der Waals surface area (Å²) in [5.41, 5.74) is 0.934. The van der Waals surface area contributed by atoms with E-state index < -0.39 is 9.84 Å². The molecule has 1 atom stereocenters. The molecule has 1 unspecified atom stereocenters. The molecule has 0 bridgehead atoms. The Morgan fingerprint density at radius 3 is 2.59 bits per heavy atom. The number of aliphatic imine (C=N–C) groups is 1. The first kappa shape index (κ1) is 21.7. The summed E-state index contributed by atoms with van der Waals surface area (Å²) in [6.45, 7) is 2.62. The predicted molar refractivity (Wildman–Crippen MR) is 109 cm³/mol. The molecule has 2 N–H and O–H groups in total.